The van der Waals surface area contributed by atoms with E-state index in [-0.39, 0.29) is 23.6 Å². The number of fused-ring (bicyclic) bond motifs is 2. The summed E-state index contributed by atoms with van der Waals surface area (Å²) in [5, 5.41) is 23.3. The number of hydrogen-bond donors (Lipinski definition) is 2. The molecule has 178 valence electrons. The molecule has 33 heavy (non-hydrogen) atoms. The number of pyridine rings is 1. The standard InChI is InChI=1S/C28H35NO3.ClH/c1-3-5-16-28(17-6-4-2)18-15-22-25(14-13-24(30)26(22)27(28)31)32-19-21-12-11-20-9-7-8-10-23(20)29-21;/h7-14,27,30-31H,3-6,15-19H2,1-2H3;1H. The summed E-state index contributed by atoms with van der Waals surface area (Å²) >= 11 is 0. The highest BCUT2D eigenvalue weighted by molar-refractivity contribution is 5.85. The highest BCUT2D eigenvalue weighted by atomic mass is 35.5. The number of aliphatic hydroxyl groups excluding tert-OH is 1. The molecule has 0 fully saturated rings. The molecule has 0 saturated carbocycles. The summed E-state index contributed by atoms with van der Waals surface area (Å²) in [5.74, 6) is 0.923. The molecule has 4 rings (SSSR count). The molecule has 3 aromatic rings. The molecule has 0 amide bonds. The van der Waals surface area contributed by atoms with Gasteiger partial charge in [-0.15, -0.1) is 12.4 Å². The summed E-state index contributed by atoms with van der Waals surface area (Å²) in [4.78, 5) is 4.70. The van der Waals surface area contributed by atoms with Gasteiger partial charge in [0.1, 0.15) is 18.1 Å². The molecule has 5 heteroatoms. The molecular weight excluding hydrogens is 434 g/mol. The Morgan fingerprint density at radius 1 is 1.00 bits per heavy atom. The summed E-state index contributed by atoms with van der Waals surface area (Å²) < 4.78 is 6.19. The number of benzene rings is 2. The van der Waals surface area contributed by atoms with Gasteiger partial charge in [-0.2, -0.15) is 0 Å². The van der Waals surface area contributed by atoms with E-state index in [1.54, 1.807) is 6.07 Å². The smallest absolute Gasteiger partial charge is 0.130 e. The van der Waals surface area contributed by atoms with Gasteiger partial charge < -0.3 is 14.9 Å². The van der Waals surface area contributed by atoms with Crippen molar-refractivity contribution in [3.8, 4) is 11.5 Å². The Bertz CT molecular complexity index is 1060. The number of phenols is 1. The molecule has 0 radical (unpaired) electrons. The molecular formula is C28H36ClNO3. The highest BCUT2D eigenvalue weighted by Gasteiger charge is 2.43. The number of aromatic nitrogens is 1. The summed E-state index contributed by atoms with van der Waals surface area (Å²) in [5.41, 5.74) is 3.28. The minimum atomic E-state index is -0.660. The monoisotopic (exact) mass is 469 g/mol. The zero-order valence-electron chi connectivity index (χ0n) is 19.7. The zero-order chi connectivity index (χ0) is 22.6. The Hall–Kier alpha value is -2.30. The van der Waals surface area contributed by atoms with Crippen molar-refractivity contribution in [3.05, 3.63) is 65.4 Å². The number of ether oxygens (including phenoxy) is 1. The maximum atomic E-state index is 11.5. The second kappa shape index (κ2) is 11.2. The summed E-state index contributed by atoms with van der Waals surface area (Å²) in [6.45, 7) is 4.75. The van der Waals surface area contributed by atoms with E-state index in [9.17, 15) is 10.2 Å². The van der Waals surface area contributed by atoms with Gasteiger partial charge >= 0.3 is 0 Å². The molecule has 0 aliphatic heterocycles. The normalized spacial score (nSPS) is 16.8. The minimum absolute atomic E-state index is 0. The fourth-order valence-electron chi connectivity index (χ4n) is 5.19. The second-order valence-electron chi connectivity index (χ2n) is 9.23. The van der Waals surface area contributed by atoms with Crippen LogP contribution in [0.25, 0.3) is 10.9 Å². The van der Waals surface area contributed by atoms with Crippen LogP contribution in [0.3, 0.4) is 0 Å². The zero-order valence-corrected chi connectivity index (χ0v) is 20.5. The molecule has 1 unspecified atom stereocenters. The Kier molecular flexibility index (Phi) is 8.61. The van der Waals surface area contributed by atoms with E-state index in [0.29, 0.717) is 12.2 Å². The molecule has 2 aromatic carbocycles. The number of hydrogen-bond acceptors (Lipinski definition) is 4. The van der Waals surface area contributed by atoms with Crippen molar-refractivity contribution in [3.63, 3.8) is 0 Å². The van der Waals surface area contributed by atoms with Crippen molar-refractivity contribution in [1.29, 1.82) is 0 Å². The van der Waals surface area contributed by atoms with Gasteiger partial charge in [0.15, 0.2) is 0 Å². The summed E-state index contributed by atoms with van der Waals surface area (Å²) in [7, 11) is 0. The molecule has 1 heterocycles. The second-order valence-corrected chi connectivity index (χ2v) is 9.23. The Morgan fingerprint density at radius 3 is 2.45 bits per heavy atom. The predicted molar refractivity (Wildman–Crippen MR) is 136 cm³/mol. The fraction of sp³-hybridized carbons (Fsp3) is 0.464. The van der Waals surface area contributed by atoms with Gasteiger partial charge in [-0.1, -0.05) is 63.8 Å². The molecule has 0 bridgehead atoms. The van der Waals surface area contributed by atoms with Crippen molar-refractivity contribution >= 4 is 23.3 Å². The largest absolute Gasteiger partial charge is 0.508 e. The van der Waals surface area contributed by atoms with Crippen molar-refractivity contribution in [2.45, 2.75) is 77.9 Å². The molecule has 1 aliphatic carbocycles. The van der Waals surface area contributed by atoms with Gasteiger partial charge in [-0.05, 0) is 49.9 Å². The van der Waals surface area contributed by atoms with E-state index in [4.69, 9.17) is 9.72 Å². The van der Waals surface area contributed by atoms with Crippen LogP contribution in [0.4, 0.5) is 0 Å². The van der Waals surface area contributed by atoms with Crippen LogP contribution < -0.4 is 4.74 Å². The summed E-state index contributed by atoms with van der Waals surface area (Å²) in [6.07, 6.45) is 7.49. The van der Waals surface area contributed by atoms with Crippen LogP contribution in [-0.4, -0.2) is 15.2 Å². The number of unbranched alkanes of at least 4 members (excludes halogenated alkanes) is 2. The quantitative estimate of drug-likeness (QED) is 0.345. The van der Waals surface area contributed by atoms with E-state index in [2.05, 4.69) is 19.9 Å². The molecule has 1 atom stereocenters. The van der Waals surface area contributed by atoms with Gasteiger partial charge in [-0.3, -0.25) is 0 Å². The average Bonchev–Trinajstić information content (AvgIpc) is 2.82. The lowest BCUT2D eigenvalue weighted by atomic mass is 9.64. The first-order valence-electron chi connectivity index (χ1n) is 12.1. The van der Waals surface area contributed by atoms with E-state index in [1.165, 1.54) is 0 Å². The lowest BCUT2D eigenvalue weighted by molar-refractivity contribution is -0.0119. The first kappa shape index (κ1) is 25.3. The van der Waals surface area contributed by atoms with Gasteiger partial charge in [0.05, 0.1) is 17.3 Å². The van der Waals surface area contributed by atoms with E-state index in [1.807, 2.05) is 36.4 Å². The first-order valence-corrected chi connectivity index (χ1v) is 12.1. The molecule has 0 spiro atoms. The van der Waals surface area contributed by atoms with Gasteiger partial charge in [0.2, 0.25) is 0 Å². The van der Waals surface area contributed by atoms with Crippen LogP contribution in [0.2, 0.25) is 0 Å². The third kappa shape index (κ3) is 5.28. The third-order valence-corrected chi connectivity index (χ3v) is 7.11. The summed E-state index contributed by atoms with van der Waals surface area (Å²) in [6, 6.07) is 15.6. The Balaban J connectivity index is 0.00000306. The maximum absolute atomic E-state index is 11.5. The molecule has 0 saturated heterocycles. The number of aromatic hydroxyl groups is 1. The van der Waals surface area contributed by atoms with Crippen LogP contribution in [0, 0.1) is 5.41 Å². The lowest BCUT2D eigenvalue weighted by Crippen LogP contribution is -2.34. The van der Waals surface area contributed by atoms with E-state index >= 15 is 0 Å². The highest BCUT2D eigenvalue weighted by Crippen LogP contribution is 2.54. The number of phenolic OH excluding ortho intramolecular Hbond substituents is 1. The lowest BCUT2D eigenvalue weighted by Gasteiger charge is -2.43. The van der Waals surface area contributed by atoms with E-state index in [0.717, 1.165) is 79.3 Å². The number of aliphatic hydroxyl groups is 1. The molecule has 4 nitrogen and oxygen atoms in total. The predicted octanol–water partition coefficient (Wildman–Crippen LogP) is 7.29. The number of para-hydroxylation sites is 1. The molecule has 2 N–H and O–H groups in total. The van der Waals surface area contributed by atoms with Crippen molar-refractivity contribution in [2.75, 3.05) is 0 Å². The number of halogens is 1. The van der Waals surface area contributed by atoms with Crippen LogP contribution in [0.5, 0.6) is 11.5 Å². The fourth-order valence-corrected chi connectivity index (χ4v) is 5.19. The van der Waals surface area contributed by atoms with Crippen LogP contribution >= 0.6 is 12.4 Å². The van der Waals surface area contributed by atoms with Crippen LogP contribution in [0.1, 0.15) is 81.7 Å². The van der Waals surface area contributed by atoms with Crippen molar-refractivity contribution < 1.29 is 14.9 Å². The minimum Gasteiger partial charge on any atom is -0.508 e. The molecule has 1 aromatic heterocycles. The number of nitrogens with zero attached hydrogens (tertiary/aromatic N) is 1. The van der Waals surface area contributed by atoms with Gasteiger partial charge in [0.25, 0.3) is 0 Å². The van der Waals surface area contributed by atoms with Gasteiger partial charge in [0, 0.05) is 21.9 Å². The third-order valence-electron chi connectivity index (χ3n) is 7.11. The van der Waals surface area contributed by atoms with E-state index < -0.39 is 6.10 Å². The maximum Gasteiger partial charge on any atom is 0.130 e. The topological polar surface area (TPSA) is 62.6 Å². The average molecular weight is 470 g/mol. The van der Waals surface area contributed by atoms with Crippen LogP contribution in [-0.2, 0) is 13.0 Å². The SMILES string of the molecule is CCCCC1(CCCC)CCc2c(OCc3ccc4ccccc4n3)ccc(O)c2C1O.Cl. The van der Waals surface area contributed by atoms with Crippen molar-refractivity contribution in [2.24, 2.45) is 5.41 Å². The Labute approximate surface area is 203 Å². The van der Waals surface area contributed by atoms with Crippen molar-refractivity contribution in [1.82, 2.24) is 4.98 Å². The van der Waals surface area contributed by atoms with Crippen LogP contribution in [0.15, 0.2) is 48.5 Å². The first-order chi connectivity index (χ1) is 15.6. The Morgan fingerprint density at radius 2 is 1.73 bits per heavy atom. The van der Waals surface area contributed by atoms with Gasteiger partial charge in [-0.25, -0.2) is 4.98 Å². The molecule has 1 aliphatic rings. The number of rotatable bonds is 9.